The Balaban J connectivity index is 2.39. The number of carboxylic acid groups (broad SMARTS) is 1. The fourth-order valence-electron chi connectivity index (χ4n) is 1.13. The van der Waals surface area contributed by atoms with Crippen LogP contribution in [-0.4, -0.2) is 37.5 Å². The van der Waals surface area contributed by atoms with Crippen molar-refractivity contribution < 1.29 is 19.4 Å². The summed E-state index contributed by atoms with van der Waals surface area (Å²) < 4.78 is 10.0. The van der Waals surface area contributed by atoms with Gasteiger partial charge < -0.3 is 14.6 Å². The first-order chi connectivity index (χ1) is 5.24. The molecule has 1 aliphatic heterocycles. The number of hydrogen-bond acceptors (Lipinski definition) is 3. The third-order valence-corrected chi connectivity index (χ3v) is 1.85. The lowest BCUT2D eigenvalue weighted by Gasteiger charge is -2.25. The van der Waals surface area contributed by atoms with E-state index in [0.717, 1.165) is 0 Å². The van der Waals surface area contributed by atoms with E-state index in [0.29, 0.717) is 19.6 Å². The maximum Gasteiger partial charge on any atom is 0.308 e. The maximum atomic E-state index is 10.5. The molecule has 1 fully saturated rings. The van der Waals surface area contributed by atoms with Crippen LogP contribution in [0.15, 0.2) is 0 Å². The van der Waals surface area contributed by atoms with E-state index < -0.39 is 11.9 Å². The highest BCUT2D eigenvalue weighted by Crippen LogP contribution is 2.15. The molecule has 64 valence electrons. The van der Waals surface area contributed by atoms with Gasteiger partial charge >= 0.3 is 5.97 Å². The second kappa shape index (κ2) is 3.69. The van der Waals surface area contributed by atoms with Gasteiger partial charge in [0.05, 0.1) is 25.2 Å². The molecule has 0 unspecified atom stereocenters. The van der Waals surface area contributed by atoms with E-state index in [1.165, 1.54) is 0 Å². The first-order valence-electron chi connectivity index (χ1n) is 3.57. The number of hydrogen-bond donors (Lipinski definition) is 1. The third kappa shape index (κ3) is 2.17. The van der Waals surface area contributed by atoms with Gasteiger partial charge in [0.25, 0.3) is 0 Å². The van der Waals surface area contributed by atoms with Gasteiger partial charge in [-0.3, -0.25) is 4.79 Å². The zero-order chi connectivity index (χ0) is 8.27. The highest BCUT2D eigenvalue weighted by atomic mass is 16.5. The van der Waals surface area contributed by atoms with Crippen LogP contribution in [-0.2, 0) is 14.3 Å². The molecule has 2 atom stereocenters. The predicted octanol–water partition coefficient (Wildman–Crippen LogP) is 0.122. The minimum atomic E-state index is -0.799. The Labute approximate surface area is 65.1 Å². The lowest BCUT2D eigenvalue weighted by atomic mass is 10.0. The molecule has 0 bridgehead atoms. The molecule has 4 nitrogen and oxygen atoms in total. The zero-order valence-electron chi connectivity index (χ0n) is 6.45. The minimum Gasteiger partial charge on any atom is -0.481 e. The Hall–Kier alpha value is -0.610. The minimum absolute atomic E-state index is 0.0511. The molecule has 0 aromatic rings. The Kier molecular flexibility index (Phi) is 2.84. The van der Waals surface area contributed by atoms with Crippen LogP contribution in [0.5, 0.6) is 0 Å². The summed E-state index contributed by atoms with van der Waals surface area (Å²) in [6.07, 6.45) is 0.510. The van der Waals surface area contributed by atoms with Crippen molar-refractivity contribution in [1.82, 2.24) is 0 Å². The van der Waals surface area contributed by atoms with Gasteiger partial charge in [-0.15, -0.1) is 0 Å². The molecule has 0 aromatic heterocycles. The van der Waals surface area contributed by atoms with Gasteiger partial charge in [-0.25, -0.2) is 0 Å². The second-order valence-corrected chi connectivity index (χ2v) is 2.67. The van der Waals surface area contributed by atoms with Crippen molar-refractivity contribution in [1.29, 1.82) is 0 Å². The second-order valence-electron chi connectivity index (χ2n) is 2.67. The number of aliphatic carboxylic acids is 1. The monoisotopic (exact) mass is 160 g/mol. The first kappa shape index (κ1) is 8.49. The van der Waals surface area contributed by atoms with Crippen LogP contribution in [0.2, 0.25) is 0 Å². The first-order valence-corrected chi connectivity index (χ1v) is 3.57. The lowest BCUT2D eigenvalue weighted by Crippen LogP contribution is -2.34. The van der Waals surface area contributed by atoms with Gasteiger partial charge in [-0.05, 0) is 6.42 Å². The van der Waals surface area contributed by atoms with Gasteiger partial charge in [0.2, 0.25) is 0 Å². The zero-order valence-corrected chi connectivity index (χ0v) is 6.45. The molecule has 0 spiro atoms. The summed E-state index contributed by atoms with van der Waals surface area (Å²) in [5.74, 6) is -1.19. The van der Waals surface area contributed by atoms with Crippen molar-refractivity contribution in [2.75, 3.05) is 20.3 Å². The summed E-state index contributed by atoms with van der Waals surface area (Å²) in [4.78, 5) is 10.5. The molecular formula is C7H12O4. The SMILES string of the molecule is CO[C@H]1COC[C@@H](C(=O)O)C1. The topological polar surface area (TPSA) is 55.8 Å². The van der Waals surface area contributed by atoms with E-state index in [4.69, 9.17) is 14.6 Å². The summed E-state index contributed by atoms with van der Waals surface area (Å²) in [5.41, 5.74) is 0. The van der Waals surface area contributed by atoms with Crippen LogP contribution >= 0.6 is 0 Å². The largest absolute Gasteiger partial charge is 0.481 e. The van der Waals surface area contributed by atoms with Crippen molar-refractivity contribution in [2.45, 2.75) is 12.5 Å². The van der Waals surface area contributed by atoms with E-state index in [1.54, 1.807) is 7.11 Å². The Morgan fingerprint density at radius 1 is 1.64 bits per heavy atom. The van der Waals surface area contributed by atoms with E-state index in [-0.39, 0.29) is 6.10 Å². The average Bonchev–Trinajstić information content (AvgIpc) is 2.05. The van der Waals surface area contributed by atoms with Gasteiger partial charge in [-0.2, -0.15) is 0 Å². The molecule has 1 heterocycles. The van der Waals surface area contributed by atoms with Crippen LogP contribution in [0.25, 0.3) is 0 Å². The summed E-state index contributed by atoms with van der Waals surface area (Å²) in [7, 11) is 1.57. The molecule has 11 heavy (non-hydrogen) atoms. The highest BCUT2D eigenvalue weighted by molar-refractivity contribution is 5.70. The lowest BCUT2D eigenvalue weighted by molar-refractivity contribution is -0.150. The molecule has 1 N–H and O–H groups in total. The number of carboxylic acids is 1. The van der Waals surface area contributed by atoms with E-state index in [1.807, 2.05) is 0 Å². The van der Waals surface area contributed by atoms with Crippen LogP contribution in [0.4, 0.5) is 0 Å². The molecule has 1 aliphatic rings. The molecule has 0 aliphatic carbocycles. The molecule has 0 aromatic carbocycles. The fourth-order valence-corrected chi connectivity index (χ4v) is 1.13. The van der Waals surface area contributed by atoms with E-state index in [9.17, 15) is 4.79 Å². The summed E-state index contributed by atoms with van der Waals surface area (Å²) in [6, 6.07) is 0. The Bertz CT molecular complexity index is 145. The van der Waals surface area contributed by atoms with Gasteiger partial charge in [0.15, 0.2) is 0 Å². The smallest absolute Gasteiger partial charge is 0.308 e. The third-order valence-electron chi connectivity index (χ3n) is 1.85. The van der Waals surface area contributed by atoms with Crippen molar-refractivity contribution in [3.8, 4) is 0 Å². The number of rotatable bonds is 2. The van der Waals surface area contributed by atoms with E-state index >= 15 is 0 Å². The van der Waals surface area contributed by atoms with Gasteiger partial charge in [-0.1, -0.05) is 0 Å². The Morgan fingerprint density at radius 3 is 2.91 bits per heavy atom. The van der Waals surface area contributed by atoms with Crippen molar-refractivity contribution in [2.24, 2.45) is 5.92 Å². The van der Waals surface area contributed by atoms with Crippen LogP contribution < -0.4 is 0 Å². The van der Waals surface area contributed by atoms with Crippen LogP contribution in [0.1, 0.15) is 6.42 Å². The molecule has 0 radical (unpaired) electrons. The number of carbonyl (C=O) groups is 1. The summed E-state index contributed by atoms with van der Waals surface area (Å²) in [6.45, 7) is 0.829. The summed E-state index contributed by atoms with van der Waals surface area (Å²) in [5, 5.41) is 8.62. The predicted molar refractivity (Wildman–Crippen MR) is 37.4 cm³/mol. The Morgan fingerprint density at radius 2 is 2.36 bits per heavy atom. The molecular weight excluding hydrogens is 148 g/mol. The molecule has 1 rings (SSSR count). The van der Waals surface area contributed by atoms with Crippen molar-refractivity contribution in [3.63, 3.8) is 0 Å². The quantitative estimate of drug-likeness (QED) is 0.623. The molecule has 1 saturated heterocycles. The standard InChI is InChI=1S/C7H12O4/c1-10-6-2-5(7(8)9)3-11-4-6/h5-6H,2-4H2,1H3,(H,8,9)/t5-,6+/m0/s1. The normalized spacial score (nSPS) is 31.7. The van der Waals surface area contributed by atoms with Crippen molar-refractivity contribution >= 4 is 5.97 Å². The maximum absolute atomic E-state index is 10.5. The molecule has 4 heteroatoms. The van der Waals surface area contributed by atoms with Gasteiger partial charge in [0, 0.05) is 7.11 Å². The fraction of sp³-hybridized carbons (Fsp3) is 0.857. The molecule has 0 amide bonds. The number of ether oxygens (including phenoxy) is 2. The van der Waals surface area contributed by atoms with Gasteiger partial charge in [0.1, 0.15) is 0 Å². The average molecular weight is 160 g/mol. The van der Waals surface area contributed by atoms with Crippen molar-refractivity contribution in [3.05, 3.63) is 0 Å². The van der Waals surface area contributed by atoms with Crippen LogP contribution in [0, 0.1) is 5.92 Å². The summed E-state index contributed by atoms with van der Waals surface area (Å²) >= 11 is 0. The van der Waals surface area contributed by atoms with E-state index in [2.05, 4.69) is 0 Å². The highest BCUT2D eigenvalue weighted by Gasteiger charge is 2.27. The molecule has 0 saturated carbocycles. The number of methoxy groups -OCH3 is 1. The van der Waals surface area contributed by atoms with Crippen LogP contribution in [0.3, 0.4) is 0 Å².